The van der Waals surface area contributed by atoms with Crippen LogP contribution in [-0.4, -0.2) is 43.5 Å². The predicted molar refractivity (Wildman–Crippen MR) is 53.9 cm³/mol. The number of aliphatic imine (C=N–C) groups is 1. The first-order valence-electron chi connectivity index (χ1n) is 3.72. The zero-order valence-electron chi connectivity index (χ0n) is 7.22. The standard InChI is InChI=1S/C6H13N5O.ClH/c7-6(9-5-10-8)11-1-3-12-4-2-11;/h5H,1-4,8H2,(H2,7,9,10);1H. The molecule has 1 aliphatic rings. The van der Waals surface area contributed by atoms with E-state index in [1.54, 1.807) is 0 Å². The normalized spacial score (nSPS) is 18.8. The molecular weight excluding hydrogens is 194 g/mol. The Kier molecular flexibility index (Phi) is 5.99. The summed E-state index contributed by atoms with van der Waals surface area (Å²) in [6.45, 7) is 2.92. The molecule has 13 heavy (non-hydrogen) atoms. The summed E-state index contributed by atoms with van der Waals surface area (Å²) in [6.07, 6.45) is 1.23. The second-order valence-electron chi connectivity index (χ2n) is 2.35. The van der Waals surface area contributed by atoms with E-state index in [0.29, 0.717) is 19.2 Å². The summed E-state index contributed by atoms with van der Waals surface area (Å²) < 4.78 is 5.14. The third-order valence-electron chi connectivity index (χ3n) is 1.59. The summed E-state index contributed by atoms with van der Waals surface area (Å²) in [5.41, 5.74) is 5.61. The third kappa shape index (κ3) is 3.95. The Labute approximate surface area is 83.0 Å². The van der Waals surface area contributed by atoms with E-state index >= 15 is 0 Å². The molecule has 0 radical (unpaired) electrons. The zero-order chi connectivity index (χ0) is 8.81. The van der Waals surface area contributed by atoms with Gasteiger partial charge in [-0.3, -0.25) is 0 Å². The van der Waals surface area contributed by atoms with Gasteiger partial charge in [-0.25, -0.2) is 4.99 Å². The number of nitrogens with zero attached hydrogens (tertiary/aromatic N) is 3. The minimum Gasteiger partial charge on any atom is -0.378 e. The van der Waals surface area contributed by atoms with Crippen LogP contribution in [0.4, 0.5) is 0 Å². The van der Waals surface area contributed by atoms with Crippen molar-refractivity contribution < 1.29 is 4.74 Å². The Morgan fingerprint density at radius 2 is 2.00 bits per heavy atom. The Bertz CT molecular complexity index is 189. The maximum atomic E-state index is 5.61. The molecule has 4 N–H and O–H groups in total. The molecular formula is C6H14ClN5O. The summed E-state index contributed by atoms with van der Waals surface area (Å²) in [4.78, 5) is 5.74. The summed E-state index contributed by atoms with van der Waals surface area (Å²) in [6, 6.07) is 0. The lowest BCUT2D eigenvalue weighted by Gasteiger charge is -2.27. The number of hydrazone groups is 1. The quantitative estimate of drug-likeness (QED) is 0.249. The van der Waals surface area contributed by atoms with Crippen molar-refractivity contribution in [3.63, 3.8) is 0 Å². The molecule has 1 fully saturated rings. The number of morpholine rings is 1. The van der Waals surface area contributed by atoms with Crippen molar-refractivity contribution in [2.45, 2.75) is 0 Å². The van der Waals surface area contributed by atoms with Gasteiger partial charge in [0, 0.05) is 13.1 Å². The summed E-state index contributed by atoms with van der Waals surface area (Å²) in [7, 11) is 0. The highest BCUT2D eigenvalue weighted by Crippen LogP contribution is 1.94. The van der Waals surface area contributed by atoms with Crippen LogP contribution in [0.5, 0.6) is 0 Å². The fraction of sp³-hybridized carbons (Fsp3) is 0.667. The van der Waals surface area contributed by atoms with Gasteiger partial charge in [0.15, 0.2) is 5.96 Å². The monoisotopic (exact) mass is 207 g/mol. The lowest BCUT2D eigenvalue weighted by Crippen LogP contribution is -2.44. The van der Waals surface area contributed by atoms with Crippen molar-refractivity contribution in [1.29, 1.82) is 0 Å². The van der Waals surface area contributed by atoms with Crippen molar-refractivity contribution in [2.75, 3.05) is 26.3 Å². The topological polar surface area (TPSA) is 89.2 Å². The van der Waals surface area contributed by atoms with Crippen LogP contribution in [-0.2, 0) is 4.74 Å². The minimum atomic E-state index is 0. The maximum Gasteiger partial charge on any atom is 0.197 e. The number of ether oxygens (including phenoxy) is 1. The smallest absolute Gasteiger partial charge is 0.197 e. The molecule has 76 valence electrons. The molecule has 0 aromatic heterocycles. The molecule has 0 atom stereocenters. The largest absolute Gasteiger partial charge is 0.378 e. The average Bonchev–Trinajstić information content (AvgIpc) is 2.15. The van der Waals surface area contributed by atoms with Gasteiger partial charge in [0.05, 0.1) is 13.2 Å². The maximum absolute atomic E-state index is 5.61. The number of hydrogen-bond donors (Lipinski definition) is 2. The highest BCUT2D eigenvalue weighted by Gasteiger charge is 2.11. The van der Waals surface area contributed by atoms with E-state index in [1.165, 1.54) is 6.34 Å². The van der Waals surface area contributed by atoms with Crippen LogP contribution in [0.3, 0.4) is 0 Å². The van der Waals surface area contributed by atoms with Crippen LogP contribution in [0, 0.1) is 0 Å². The molecule has 0 unspecified atom stereocenters. The van der Waals surface area contributed by atoms with Gasteiger partial charge in [0.1, 0.15) is 6.34 Å². The van der Waals surface area contributed by atoms with E-state index in [0.717, 1.165) is 13.1 Å². The van der Waals surface area contributed by atoms with E-state index in [-0.39, 0.29) is 12.4 Å². The molecule has 1 saturated heterocycles. The lowest BCUT2D eigenvalue weighted by molar-refractivity contribution is 0.0676. The summed E-state index contributed by atoms with van der Waals surface area (Å²) >= 11 is 0. The van der Waals surface area contributed by atoms with Crippen LogP contribution in [0.2, 0.25) is 0 Å². The van der Waals surface area contributed by atoms with Crippen molar-refractivity contribution in [3.05, 3.63) is 0 Å². The second-order valence-corrected chi connectivity index (χ2v) is 2.35. The molecule has 0 aliphatic carbocycles. The molecule has 0 amide bonds. The highest BCUT2D eigenvalue weighted by molar-refractivity contribution is 5.85. The second kappa shape index (κ2) is 6.50. The van der Waals surface area contributed by atoms with Gasteiger partial charge < -0.3 is 21.2 Å². The van der Waals surface area contributed by atoms with Gasteiger partial charge in [-0.2, -0.15) is 5.10 Å². The highest BCUT2D eigenvalue weighted by atomic mass is 35.5. The average molecular weight is 208 g/mol. The Hall–Kier alpha value is -1.01. The first-order valence-corrected chi connectivity index (χ1v) is 3.72. The van der Waals surface area contributed by atoms with Crippen molar-refractivity contribution >= 4 is 24.7 Å². The molecule has 0 saturated carbocycles. The third-order valence-corrected chi connectivity index (χ3v) is 1.59. The van der Waals surface area contributed by atoms with Gasteiger partial charge in [-0.1, -0.05) is 0 Å². The van der Waals surface area contributed by atoms with Crippen molar-refractivity contribution in [3.8, 4) is 0 Å². The van der Waals surface area contributed by atoms with Gasteiger partial charge in [0.2, 0.25) is 0 Å². The van der Waals surface area contributed by atoms with E-state index < -0.39 is 0 Å². The zero-order valence-corrected chi connectivity index (χ0v) is 8.04. The van der Waals surface area contributed by atoms with Gasteiger partial charge in [-0.05, 0) is 0 Å². The van der Waals surface area contributed by atoms with Crippen LogP contribution >= 0.6 is 12.4 Å². The predicted octanol–water partition coefficient (Wildman–Crippen LogP) is -1.04. The first kappa shape index (κ1) is 12.0. The Morgan fingerprint density at radius 3 is 2.54 bits per heavy atom. The summed E-state index contributed by atoms with van der Waals surface area (Å²) in [5.74, 6) is 5.31. The number of nitrogens with two attached hydrogens (primary N) is 2. The number of rotatable bonds is 1. The molecule has 6 nitrogen and oxygen atoms in total. The van der Waals surface area contributed by atoms with Crippen molar-refractivity contribution in [2.24, 2.45) is 21.7 Å². The molecule has 0 bridgehead atoms. The minimum absolute atomic E-state index is 0. The van der Waals surface area contributed by atoms with Crippen molar-refractivity contribution in [1.82, 2.24) is 4.90 Å². The number of guanidine groups is 1. The molecule has 1 aliphatic heterocycles. The molecule has 1 rings (SSSR count). The molecule has 0 aromatic rings. The molecule has 0 aromatic carbocycles. The van der Waals surface area contributed by atoms with Crippen LogP contribution in [0.15, 0.2) is 10.1 Å². The lowest BCUT2D eigenvalue weighted by atomic mass is 10.4. The van der Waals surface area contributed by atoms with Crippen LogP contribution < -0.4 is 11.6 Å². The number of halogens is 1. The van der Waals surface area contributed by atoms with E-state index in [2.05, 4.69) is 10.1 Å². The van der Waals surface area contributed by atoms with Crippen LogP contribution in [0.1, 0.15) is 0 Å². The van der Waals surface area contributed by atoms with E-state index in [1.807, 2.05) is 4.90 Å². The van der Waals surface area contributed by atoms with Gasteiger partial charge >= 0.3 is 0 Å². The fourth-order valence-electron chi connectivity index (χ4n) is 0.967. The SMILES string of the molecule is Cl.NN=CN=C(N)N1CCOCC1. The number of hydrogen-bond acceptors (Lipinski definition) is 3. The van der Waals surface area contributed by atoms with Crippen LogP contribution in [0.25, 0.3) is 0 Å². The Balaban J connectivity index is 0.00000144. The Morgan fingerprint density at radius 1 is 1.38 bits per heavy atom. The molecule has 7 heteroatoms. The molecule has 0 spiro atoms. The van der Waals surface area contributed by atoms with E-state index in [9.17, 15) is 0 Å². The van der Waals surface area contributed by atoms with Gasteiger partial charge in [0.25, 0.3) is 0 Å². The summed E-state index contributed by atoms with van der Waals surface area (Å²) in [5, 5.41) is 3.22. The fourth-order valence-corrected chi connectivity index (χ4v) is 0.967. The van der Waals surface area contributed by atoms with E-state index in [4.69, 9.17) is 16.3 Å². The van der Waals surface area contributed by atoms with Gasteiger partial charge in [-0.15, -0.1) is 12.4 Å². The first-order chi connectivity index (χ1) is 5.84. The molecule has 1 heterocycles.